The van der Waals surface area contributed by atoms with Crippen LogP contribution in [0.5, 0.6) is 5.88 Å². The molecule has 94 valence electrons. The Morgan fingerprint density at radius 3 is 3.00 bits per heavy atom. The van der Waals surface area contributed by atoms with Crippen LogP contribution in [0.2, 0.25) is 0 Å². The van der Waals surface area contributed by atoms with Gasteiger partial charge < -0.3 is 15.2 Å². The van der Waals surface area contributed by atoms with E-state index in [1.807, 2.05) is 6.92 Å². The largest absolute Gasteiger partial charge is 0.481 e. The third-order valence-corrected chi connectivity index (χ3v) is 2.06. The molecule has 2 N–H and O–H groups in total. The van der Waals surface area contributed by atoms with Crippen molar-refractivity contribution in [3.63, 3.8) is 0 Å². The molecule has 0 fully saturated rings. The van der Waals surface area contributed by atoms with Crippen molar-refractivity contribution in [3.05, 3.63) is 12.4 Å². The first-order valence-corrected chi connectivity index (χ1v) is 5.63. The van der Waals surface area contributed by atoms with Gasteiger partial charge in [0.15, 0.2) is 0 Å². The topological polar surface area (TPSA) is 84.3 Å². The van der Waals surface area contributed by atoms with Crippen molar-refractivity contribution in [3.8, 4) is 5.88 Å². The van der Waals surface area contributed by atoms with Crippen molar-refractivity contribution in [2.75, 3.05) is 18.5 Å². The smallest absolute Gasteiger partial charge is 0.303 e. The van der Waals surface area contributed by atoms with Gasteiger partial charge >= 0.3 is 5.97 Å². The lowest BCUT2D eigenvalue weighted by atomic mass is 10.2. The van der Waals surface area contributed by atoms with Crippen LogP contribution in [0.15, 0.2) is 12.4 Å². The number of ether oxygens (including phenoxy) is 1. The minimum absolute atomic E-state index is 0.204. The number of nitrogens with one attached hydrogen (secondary N) is 1. The molecule has 0 aromatic carbocycles. The fraction of sp³-hybridized carbons (Fsp3) is 0.545. The lowest BCUT2D eigenvalue weighted by molar-refractivity contribution is -0.137. The number of unbranched alkanes of at least 4 members (excludes halogenated alkanes) is 1. The molecule has 1 aromatic rings. The number of rotatable bonds is 8. The number of anilines is 1. The molecule has 0 spiro atoms. The minimum Gasteiger partial charge on any atom is -0.481 e. The summed E-state index contributed by atoms with van der Waals surface area (Å²) in [4.78, 5) is 18.3. The number of hydrogen-bond donors (Lipinski definition) is 2. The molecule has 1 rings (SSSR count). The molecule has 0 unspecified atom stereocenters. The fourth-order valence-electron chi connectivity index (χ4n) is 1.28. The maximum atomic E-state index is 10.3. The van der Waals surface area contributed by atoms with E-state index in [2.05, 4.69) is 15.3 Å². The maximum Gasteiger partial charge on any atom is 0.303 e. The zero-order valence-electron chi connectivity index (χ0n) is 9.85. The second kappa shape index (κ2) is 7.43. The highest BCUT2D eigenvalue weighted by atomic mass is 16.5. The van der Waals surface area contributed by atoms with Gasteiger partial charge in [-0.2, -0.15) is 0 Å². The predicted octanol–water partition coefficient (Wildman–Crippen LogP) is 1.54. The van der Waals surface area contributed by atoms with Crippen LogP contribution >= 0.6 is 0 Å². The Balaban J connectivity index is 2.26. The van der Waals surface area contributed by atoms with Crippen LogP contribution < -0.4 is 10.1 Å². The number of carboxylic acid groups (broad SMARTS) is 1. The molecule has 0 saturated carbocycles. The molecule has 6 heteroatoms. The summed E-state index contributed by atoms with van der Waals surface area (Å²) in [7, 11) is 0. The molecule has 1 aromatic heterocycles. The van der Waals surface area contributed by atoms with Gasteiger partial charge in [0, 0.05) is 19.0 Å². The average molecular weight is 239 g/mol. The van der Waals surface area contributed by atoms with Crippen LogP contribution in [-0.2, 0) is 4.79 Å². The summed E-state index contributed by atoms with van der Waals surface area (Å²) in [5.74, 6) is 0.472. The van der Waals surface area contributed by atoms with Gasteiger partial charge in [0.05, 0.1) is 6.61 Å². The van der Waals surface area contributed by atoms with Gasteiger partial charge in [-0.05, 0) is 19.8 Å². The third kappa shape index (κ3) is 5.70. The minimum atomic E-state index is -0.759. The van der Waals surface area contributed by atoms with Gasteiger partial charge in [-0.1, -0.05) is 0 Å². The van der Waals surface area contributed by atoms with Gasteiger partial charge in [-0.3, -0.25) is 4.79 Å². The first-order valence-electron chi connectivity index (χ1n) is 5.63. The molecule has 1 heterocycles. The molecule has 0 aliphatic rings. The standard InChI is InChI=1S/C11H17N3O3/c1-2-17-10-7-9(13-8-14-10)12-6-4-3-5-11(15)16/h7-8H,2-6H2,1H3,(H,15,16)(H,12,13,14). The van der Waals surface area contributed by atoms with Crippen molar-refractivity contribution in [2.45, 2.75) is 26.2 Å². The Hall–Kier alpha value is -1.85. The Bertz CT molecular complexity index is 358. The number of carbonyl (C=O) groups is 1. The number of carboxylic acids is 1. The van der Waals surface area contributed by atoms with Gasteiger partial charge in [0.25, 0.3) is 0 Å². The van der Waals surface area contributed by atoms with E-state index in [4.69, 9.17) is 9.84 Å². The van der Waals surface area contributed by atoms with Crippen LogP contribution in [0.3, 0.4) is 0 Å². The number of aliphatic carboxylic acids is 1. The van der Waals surface area contributed by atoms with Crippen molar-refractivity contribution >= 4 is 11.8 Å². The molecule has 0 aliphatic carbocycles. The summed E-state index contributed by atoms with van der Waals surface area (Å²) in [6, 6.07) is 1.72. The van der Waals surface area contributed by atoms with Crippen molar-refractivity contribution in [1.82, 2.24) is 9.97 Å². The lowest BCUT2D eigenvalue weighted by Gasteiger charge is -2.06. The fourth-order valence-corrected chi connectivity index (χ4v) is 1.28. The predicted molar refractivity (Wildman–Crippen MR) is 63.2 cm³/mol. The molecule has 0 amide bonds. The average Bonchev–Trinajstić information content (AvgIpc) is 2.29. The van der Waals surface area contributed by atoms with E-state index in [9.17, 15) is 4.79 Å². The summed E-state index contributed by atoms with van der Waals surface area (Å²) in [5, 5.41) is 11.6. The zero-order chi connectivity index (χ0) is 12.5. The number of aromatic nitrogens is 2. The van der Waals surface area contributed by atoms with Gasteiger partial charge in [-0.25, -0.2) is 9.97 Å². The summed E-state index contributed by atoms with van der Waals surface area (Å²) >= 11 is 0. The van der Waals surface area contributed by atoms with Gasteiger partial charge in [-0.15, -0.1) is 0 Å². The van der Waals surface area contributed by atoms with Crippen LogP contribution in [-0.4, -0.2) is 34.2 Å². The molecule has 0 atom stereocenters. The maximum absolute atomic E-state index is 10.3. The molecular weight excluding hydrogens is 222 g/mol. The Morgan fingerprint density at radius 1 is 1.47 bits per heavy atom. The van der Waals surface area contributed by atoms with Crippen molar-refractivity contribution in [2.24, 2.45) is 0 Å². The number of hydrogen-bond acceptors (Lipinski definition) is 5. The molecule has 0 saturated heterocycles. The van der Waals surface area contributed by atoms with E-state index in [1.165, 1.54) is 6.33 Å². The van der Waals surface area contributed by atoms with E-state index in [0.717, 1.165) is 6.42 Å². The quantitative estimate of drug-likeness (QED) is 0.669. The second-order valence-corrected chi connectivity index (χ2v) is 3.45. The monoisotopic (exact) mass is 239 g/mol. The van der Waals surface area contributed by atoms with E-state index < -0.39 is 5.97 Å². The SMILES string of the molecule is CCOc1cc(NCCCCC(=O)O)ncn1. The van der Waals surface area contributed by atoms with E-state index in [-0.39, 0.29) is 6.42 Å². The van der Waals surface area contributed by atoms with Crippen LogP contribution in [0.25, 0.3) is 0 Å². The summed E-state index contributed by atoms with van der Waals surface area (Å²) in [5.41, 5.74) is 0. The Kier molecular flexibility index (Phi) is 5.77. The third-order valence-electron chi connectivity index (χ3n) is 2.06. The summed E-state index contributed by atoms with van der Waals surface area (Å²) < 4.78 is 5.24. The zero-order valence-corrected chi connectivity index (χ0v) is 9.85. The van der Waals surface area contributed by atoms with E-state index >= 15 is 0 Å². The van der Waals surface area contributed by atoms with Crippen LogP contribution in [0, 0.1) is 0 Å². The lowest BCUT2D eigenvalue weighted by Crippen LogP contribution is -2.05. The summed E-state index contributed by atoms with van der Waals surface area (Å²) in [6.07, 6.45) is 3.09. The van der Waals surface area contributed by atoms with Gasteiger partial charge in [0.2, 0.25) is 5.88 Å². The first kappa shape index (κ1) is 13.2. The highest BCUT2D eigenvalue weighted by Crippen LogP contribution is 2.10. The Morgan fingerprint density at radius 2 is 2.29 bits per heavy atom. The molecule has 0 radical (unpaired) electrons. The van der Waals surface area contributed by atoms with Crippen LogP contribution in [0.1, 0.15) is 26.2 Å². The van der Waals surface area contributed by atoms with E-state index in [1.54, 1.807) is 6.07 Å². The molecule has 0 bridgehead atoms. The highest BCUT2D eigenvalue weighted by Gasteiger charge is 1.99. The van der Waals surface area contributed by atoms with Gasteiger partial charge in [0.1, 0.15) is 12.1 Å². The van der Waals surface area contributed by atoms with Crippen molar-refractivity contribution < 1.29 is 14.6 Å². The normalized spacial score (nSPS) is 9.94. The molecule has 0 aliphatic heterocycles. The van der Waals surface area contributed by atoms with E-state index in [0.29, 0.717) is 31.3 Å². The van der Waals surface area contributed by atoms with Crippen molar-refractivity contribution in [1.29, 1.82) is 0 Å². The summed E-state index contributed by atoms with van der Waals surface area (Å²) in [6.45, 7) is 3.14. The molecule has 6 nitrogen and oxygen atoms in total. The molecular formula is C11H17N3O3. The second-order valence-electron chi connectivity index (χ2n) is 3.45. The number of nitrogens with zero attached hydrogens (tertiary/aromatic N) is 2. The highest BCUT2D eigenvalue weighted by molar-refractivity contribution is 5.66. The Labute approximate surface area is 100 Å². The van der Waals surface area contributed by atoms with Crippen LogP contribution in [0.4, 0.5) is 5.82 Å². The first-order chi connectivity index (χ1) is 8.22. The molecule has 17 heavy (non-hydrogen) atoms.